The smallest absolute Gasteiger partial charge is 0.0904 e. The zero-order valence-electron chi connectivity index (χ0n) is 10.2. The third kappa shape index (κ3) is 2.09. The fourth-order valence-electron chi connectivity index (χ4n) is 1.94. The van der Waals surface area contributed by atoms with Gasteiger partial charge >= 0.3 is 0 Å². The quantitative estimate of drug-likeness (QED) is 0.474. The van der Waals surface area contributed by atoms with E-state index in [0.29, 0.717) is 0 Å². The van der Waals surface area contributed by atoms with Gasteiger partial charge in [-0.1, -0.05) is 32.9 Å². The second kappa shape index (κ2) is 3.64. The normalized spacial score (nSPS) is 11.6. The van der Waals surface area contributed by atoms with Crippen molar-refractivity contribution in [2.45, 2.75) is 47.0 Å². The van der Waals surface area contributed by atoms with E-state index in [-0.39, 0.29) is 5.41 Å². The average Bonchev–Trinajstić information content (AvgIpc) is 2.01. The highest BCUT2D eigenvalue weighted by molar-refractivity contribution is 5.20. The molecule has 0 fully saturated rings. The molecule has 1 aromatic rings. The molecule has 0 spiro atoms. The average molecular weight is 191 g/mol. The molecule has 0 aliphatic carbocycles. The van der Waals surface area contributed by atoms with E-state index in [0.717, 1.165) is 0 Å². The van der Waals surface area contributed by atoms with Gasteiger partial charge in [-0.25, -0.2) is 0 Å². The molecule has 0 aliphatic rings. The Kier molecular flexibility index (Phi) is 2.89. The van der Waals surface area contributed by atoms with E-state index in [1.165, 1.54) is 17.3 Å². The zero-order chi connectivity index (χ0) is 10.9. The van der Waals surface area contributed by atoms with Crippen molar-refractivity contribution in [1.29, 1.82) is 0 Å². The minimum atomic E-state index is 0.197. The van der Waals surface area contributed by atoms with Gasteiger partial charge in [0.25, 0.3) is 0 Å². The van der Waals surface area contributed by atoms with Gasteiger partial charge in [-0.3, -0.25) is 0 Å². The van der Waals surface area contributed by atoms with Crippen LogP contribution in [0.25, 0.3) is 0 Å². The Morgan fingerprint density at radius 2 is 1.79 bits per heavy atom. The first kappa shape index (κ1) is 11.1. The summed E-state index contributed by atoms with van der Waals surface area (Å²) in [4.78, 5) is 0. The Hall–Kier alpha value is -0.980. The van der Waals surface area contributed by atoms with Gasteiger partial charge in [-0.05, 0) is 26.3 Å². The first-order valence-corrected chi connectivity index (χ1v) is 5.16. The van der Waals surface area contributed by atoms with E-state index in [2.05, 4.69) is 64.4 Å². The predicted molar refractivity (Wildman–Crippen MR) is 60.1 cm³/mol. The summed E-state index contributed by atoms with van der Waals surface area (Å²) in [5.41, 5.74) is 2.96. The van der Waals surface area contributed by atoms with Gasteiger partial charge < -0.3 is 4.57 Å². The van der Waals surface area contributed by atoms with Crippen molar-refractivity contribution < 1.29 is 4.57 Å². The number of hydrogen-bond donors (Lipinski definition) is 0. The molecule has 0 atom stereocenters. The van der Waals surface area contributed by atoms with Crippen LogP contribution in [0, 0.1) is 13.0 Å². The van der Waals surface area contributed by atoms with Crippen LogP contribution < -0.4 is 4.57 Å². The van der Waals surface area contributed by atoms with Crippen LogP contribution in [0.2, 0.25) is 0 Å². The first-order chi connectivity index (χ1) is 6.34. The predicted octanol–water partition coefficient (Wildman–Crippen LogP) is 3.00. The molecule has 0 radical (unpaired) electrons. The highest BCUT2D eigenvalue weighted by Gasteiger charge is 2.21. The van der Waals surface area contributed by atoms with E-state index >= 15 is 0 Å². The van der Waals surface area contributed by atoms with Crippen molar-refractivity contribution in [3.05, 3.63) is 35.6 Å². The third-order valence-corrected chi connectivity index (χ3v) is 2.39. The number of rotatable bonds is 1. The van der Waals surface area contributed by atoms with Crippen LogP contribution >= 0.6 is 0 Å². The molecule has 78 valence electrons. The lowest BCUT2D eigenvalue weighted by atomic mass is 9.88. The Bertz CT molecular complexity index is 318. The molecule has 0 N–H and O–H groups in total. The van der Waals surface area contributed by atoms with E-state index < -0.39 is 0 Å². The standard InChI is InChI=1S/C13H21N/c1-10(2)14-9-7-8-11(3)12(14)13(4,5)6/h7-9H,1-6H3. The molecule has 0 saturated heterocycles. The van der Waals surface area contributed by atoms with Gasteiger partial charge in [0.15, 0.2) is 0 Å². The molecule has 1 rings (SSSR count). The Balaban J connectivity index is 3.38. The molecule has 1 aromatic heterocycles. The van der Waals surface area contributed by atoms with Gasteiger partial charge in [-0.15, -0.1) is 0 Å². The molecule has 0 aromatic carbocycles. The van der Waals surface area contributed by atoms with E-state index in [1.807, 2.05) is 0 Å². The third-order valence-electron chi connectivity index (χ3n) is 2.39. The Morgan fingerprint density at radius 3 is 2.14 bits per heavy atom. The summed E-state index contributed by atoms with van der Waals surface area (Å²) in [6.07, 6.45) is 2.14. The van der Waals surface area contributed by atoms with Gasteiger partial charge in [0.1, 0.15) is 0 Å². The van der Waals surface area contributed by atoms with Crippen molar-refractivity contribution in [3.8, 4) is 0 Å². The SMILES string of the molecule is Cc1ccc[n+]([C-](C)C)c1C(C)(C)C. The van der Waals surface area contributed by atoms with E-state index in [4.69, 9.17) is 0 Å². The van der Waals surface area contributed by atoms with Crippen molar-refractivity contribution in [3.63, 3.8) is 0 Å². The van der Waals surface area contributed by atoms with Crippen LogP contribution in [-0.2, 0) is 5.41 Å². The fourth-order valence-corrected chi connectivity index (χ4v) is 1.94. The molecule has 0 bridgehead atoms. The number of aromatic nitrogens is 1. The molecular formula is C13H21N. The lowest BCUT2D eigenvalue weighted by molar-refractivity contribution is -0.666. The fraction of sp³-hybridized carbons (Fsp3) is 0.538. The molecule has 1 nitrogen and oxygen atoms in total. The van der Waals surface area contributed by atoms with Crippen LogP contribution in [0.3, 0.4) is 0 Å². The highest BCUT2D eigenvalue weighted by atomic mass is 15.0. The van der Waals surface area contributed by atoms with Crippen LogP contribution in [0.4, 0.5) is 0 Å². The maximum Gasteiger partial charge on any atom is 0.0904 e. The number of nitrogens with zero attached hydrogens (tertiary/aromatic N) is 1. The largest absolute Gasteiger partial charge is 0.331 e. The first-order valence-electron chi connectivity index (χ1n) is 5.16. The van der Waals surface area contributed by atoms with Gasteiger partial charge in [0, 0.05) is 5.41 Å². The van der Waals surface area contributed by atoms with Crippen LogP contribution in [0.5, 0.6) is 0 Å². The van der Waals surface area contributed by atoms with E-state index in [1.54, 1.807) is 0 Å². The number of pyridine rings is 1. The molecule has 0 aliphatic heterocycles. The Labute approximate surface area is 87.8 Å². The maximum atomic E-state index is 2.29. The summed E-state index contributed by atoms with van der Waals surface area (Å²) >= 11 is 0. The van der Waals surface area contributed by atoms with Crippen LogP contribution in [0.1, 0.15) is 45.9 Å². The van der Waals surface area contributed by atoms with Crippen molar-refractivity contribution in [1.82, 2.24) is 0 Å². The minimum Gasteiger partial charge on any atom is -0.331 e. The summed E-state index contributed by atoms with van der Waals surface area (Å²) < 4.78 is 2.29. The summed E-state index contributed by atoms with van der Waals surface area (Å²) in [7, 11) is 0. The van der Waals surface area contributed by atoms with Crippen LogP contribution in [-0.4, -0.2) is 0 Å². The molecule has 0 amide bonds. The van der Waals surface area contributed by atoms with Crippen molar-refractivity contribution >= 4 is 0 Å². The number of aryl methyl sites for hydroxylation is 1. The molecule has 1 heterocycles. The highest BCUT2D eigenvalue weighted by Crippen LogP contribution is 2.22. The summed E-state index contributed by atoms with van der Waals surface area (Å²) in [6.45, 7) is 13.3. The van der Waals surface area contributed by atoms with Crippen LogP contribution in [0.15, 0.2) is 18.3 Å². The number of hydrogen-bond acceptors (Lipinski definition) is 0. The molecule has 0 saturated carbocycles. The summed E-state index contributed by atoms with van der Waals surface area (Å²) in [5.74, 6) is 0. The molecule has 14 heavy (non-hydrogen) atoms. The second-order valence-electron chi connectivity index (χ2n) is 5.11. The lowest BCUT2D eigenvalue weighted by Gasteiger charge is -2.27. The molecule has 1 heteroatoms. The van der Waals surface area contributed by atoms with Gasteiger partial charge in [0.2, 0.25) is 0 Å². The monoisotopic (exact) mass is 191 g/mol. The minimum absolute atomic E-state index is 0.197. The van der Waals surface area contributed by atoms with Crippen molar-refractivity contribution in [2.24, 2.45) is 0 Å². The summed E-state index contributed by atoms with van der Waals surface area (Å²) in [6, 6.07) is 5.61. The van der Waals surface area contributed by atoms with Gasteiger partial charge in [0.05, 0.1) is 17.9 Å². The topological polar surface area (TPSA) is 3.88 Å². The molecule has 0 unspecified atom stereocenters. The maximum absolute atomic E-state index is 2.29. The van der Waals surface area contributed by atoms with Gasteiger partial charge in [-0.2, -0.15) is 0 Å². The lowest BCUT2D eigenvalue weighted by Crippen LogP contribution is -2.46. The summed E-state index contributed by atoms with van der Waals surface area (Å²) in [5, 5.41) is 0. The Morgan fingerprint density at radius 1 is 1.21 bits per heavy atom. The molecular weight excluding hydrogens is 170 g/mol. The van der Waals surface area contributed by atoms with E-state index in [9.17, 15) is 0 Å². The van der Waals surface area contributed by atoms with Crippen molar-refractivity contribution in [2.75, 3.05) is 0 Å². The zero-order valence-corrected chi connectivity index (χ0v) is 10.2. The second-order valence-corrected chi connectivity index (χ2v) is 5.11.